The quantitative estimate of drug-likeness (QED) is 0.218. The summed E-state index contributed by atoms with van der Waals surface area (Å²) in [5, 5.41) is 49.6. The molecule has 0 heterocycles. The van der Waals surface area contributed by atoms with Crippen molar-refractivity contribution in [1.29, 1.82) is 0 Å². The number of carbonyl (C=O) groups is 3. The van der Waals surface area contributed by atoms with Gasteiger partial charge in [0.2, 0.25) is 0 Å². The normalized spacial score (nSPS) is 8.38. The van der Waals surface area contributed by atoms with Crippen molar-refractivity contribution in [3.63, 3.8) is 0 Å². The number of aliphatic carboxylic acids is 3. The molecule has 0 spiro atoms. The van der Waals surface area contributed by atoms with Gasteiger partial charge in [-0.25, -0.2) is 14.4 Å². The van der Waals surface area contributed by atoms with Crippen molar-refractivity contribution in [1.82, 2.24) is 0 Å². The van der Waals surface area contributed by atoms with E-state index in [0.29, 0.717) is 6.42 Å². The number of carboxylic acid groups (broad SMARTS) is 3. The fourth-order valence-electron chi connectivity index (χ4n) is 0.485. The van der Waals surface area contributed by atoms with Gasteiger partial charge in [-0.3, -0.25) is 0 Å². The van der Waals surface area contributed by atoms with Crippen LogP contribution in [0.1, 0.15) is 34.1 Å². The Bertz CT molecular complexity index is 400. The first-order valence-corrected chi connectivity index (χ1v) is 7.66. The highest BCUT2D eigenvalue weighted by Crippen LogP contribution is 2.18. The van der Waals surface area contributed by atoms with Crippen molar-refractivity contribution in [3.05, 3.63) is 36.5 Å². The Morgan fingerprint density at radius 3 is 0.828 bits per heavy atom. The molecule has 0 aromatic heterocycles. The summed E-state index contributed by atoms with van der Waals surface area (Å²) in [5.74, 6) is -2.81. The van der Waals surface area contributed by atoms with Crippen LogP contribution in [0.2, 0.25) is 0 Å². The van der Waals surface area contributed by atoms with Gasteiger partial charge >= 0.3 is 17.9 Å². The third-order valence-electron chi connectivity index (χ3n) is 2.85. The van der Waals surface area contributed by atoms with Gasteiger partial charge < -0.3 is 36.1 Å². The molecular formula is C18H37AlO10. The van der Waals surface area contributed by atoms with Crippen LogP contribution in [0, 0.1) is 5.41 Å². The number of rotatable bonds is 7. The summed E-state index contributed by atoms with van der Waals surface area (Å²) in [7, 11) is 0. The Balaban J connectivity index is -0.0000000605. The maximum atomic E-state index is 9.60. The highest BCUT2D eigenvalue weighted by atomic mass is 27.0. The number of hydrogen-bond acceptors (Lipinski definition) is 6. The standard InChI is InChI=1S/C6H14O3.3C4H6O2.Al.H2O.3H/c1-2-6(3-7,4-8)5-9;3*1-3(2)4(5)6;;;;;/h7-9H,2-5H2,1H3;3*1H2,2H3,(H,5,6);;1H2;;;. The minimum atomic E-state index is -0.935. The molecule has 0 bridgehead atoms. The summed E-state index contributed by atoms with van der Waals surface area (Å²) >= 11 is 0. The monoisotopic (exact) mass is 440 g/mol. The predicted octanol–water partition coefficient (Wildman–Crippen LogP) is -0.708. The van der Waals surface area contributed by atoms with E-state index in [1.54, 1.807) is 0 Å². The Morgan fingerprint density at radius 2 is 0.828 bits per heavy atom. The summed E-state index contributed by atoms with van der Waals surface area (Å²) in [4.78, 5) is 28.8. The number of aliphatic hydroxyl groups excluding tert-OH is 3. The maximum Gasteiger partial charge on any atom is 0.330 e. The van der Waals surface area contributed by atoms with Gasteiger partial charge in [0, 0.05) is 22.1 Å². The summed E-state index contributed by atoms with van der Waals surface area (Å²) < 4.78 is 0. The lowest BCUT2D eigenvalue weighted by molar-refractivity contribution is -0.133. The summed E-state index contributed by atoms with van der Waals surface area (Å²) in [6, 6.07) is 0. The van der Waals surface area contributed by atoms with E-state index >= 15 is 0 Å². The summed E-state index contributed by atoms with van der Waals surface area (Å²) in [6.45, 7) is 15.2. The van der Waals surface area contributed by atoms with Gasteiger partial charge in [0.1, 0.15) is 0 Å². The van der Waals surface area contributed by atoms with Crippen molar-refractivity contribution in [2.45, 2.75) is 34.1 Å². The van der Waals surface area contributed by atoms with Crippen molar-refractivity contribution in [3.8, 4) is 0 Å². The molecule has 11 heteroatoms. The van der Waals surface area contributed by atoms with Gasteiger partial charge in [-0.1, -0.05) is 26.7 Å². The fourth-order valence-corrected chi connectivity index (χ4v) is 0.485. The smallest absolute Gasteiger partial charge is 0.330 e. The fraction of sp³-hybridized carbons (Fsp3) is 0.500. The average molecular weight is 440 g/mol. The molecule has 0 saturated heterocycles. The van der Waals surface area contributed by atoms with Crippen LogP contribution in [0.5, 0.6) is 0 Å². The third-order valence-corrected chi connectivity index (χ3v) is 2.85. The molecule has 0 aromatic rings. The van der Waals surface area contributed by atoms with Crippen LogP contribution in [0.4, 0.5) is 0 Å². The molecule has 0 amide bonds. The second-order valence-electron chi connectivity index (χ2n) is 5.58. The zero-order valence-electron chi connectivity index (χ0n) is 16.9. The van der Waals surface area contributed by atoms with Crippen LogP contribution in [-0.2, 0) is 14.4 Å². The van der Waals surface area contributed by atoms with E-state index in [9.17, 15) is 14.4 Å². The van der Waals surface area contributed by atoms with Gasteiger partial charge in [-0.2, -0.15) is 0 Å². The molecule has 172 valence electrons. The number of hydrogen-bond donors (Lipinski definition) is 6. The van der Waals surface area contributed by atoms with Crippen molar-refractivity contribution >= 4 is 35.3 Å². The van der Waals surface area contributed by atoms with Crippen molar-refractivity contribution < 1.29 is 50.5 Å². The van der Waals surface area contributed by atoms with Gasteiger partial charge in [0.15, 0.2) is 17.4 Å². The lowest BCUT2D eigenvalue weighted by atomic mass is 9.88. The Kier molecular flexibility index (Phi) is 34.3. The first-order chi connectivity index (χ1) is 12.2. The lowest BCUT2D eigenvalue weighted by Gasteiger charge is -2.24. The summed E-state index contributed by atoms with van der Waals surface area (Å²) in [6.07, 6.45) is 0.594. The number of carboxylic acids is 3. The molecule has 29 heavy (non-hydrogen) atoms. The van der Waals surface area contributed by atoms with E-state index in [4.69, 9.17) is 30.6 Å². The topological polar surface area (TPSA) is 204 Å². The van der Waals surface area contributed by atoms with Crippen molar-refractivity contribution in [2.75, 3.05) is 19.8 Å². The minimum Gasteiger partial charge on any atom is -0.478 e. The van der Waals surface area contributed by atoms with E-state index in [-0.39, 0.29) is 59.4 Å². The molecule has 0 aliphatic heterocycles. The SMILES string of the molecule is C=C(C)C(=O)O.C=C(C)C(=O)O.C=C(C)C(=O)O.CCC(CO)(CO)CO.O.[AlH3]. The van der Waals surface area contributed by atoms with Gasteiger partial charge in [0.05, 0.1) is 19.8 Å². The lowest BCUT2D eigenvalue weighted by Crippen LogP contribution is -2.32. The second-order valence-corrected chi connectivity index (χ2v) is 5.58. The van der Waals surface area contributed by atoms with E-state index in [1.165, 1.54) is 20.8 Å². The molecule has 0 aliphatic carbocycles. The molecule has 0 rings (SSSR count). The summed E-state index contributed by atoms with van der Waals surface area (Å²) in [5.41, 5.74) is -0.139. The molecule has 8 N–H and O–H groups in total. The highest BCUT2D eigenvalue weighted by molar-refractivity contribution is 5.85. The van der Waals surface area contributed by atoms with Crippen LogP contribution < -0.4 is 0 Å². The van der Waals surface area contributed by atoms with E-state index in [2.05, 4.69) is 19.7 Å². The maximum absolute atomic E-state index is 9.60. The van der Waals surface area contributed by atoms with Gasteiger partial charge in [-0.05, 0) is 27.2 Å². The Hall–Kier alpha value is -2.00. The first-order valence-electron chi connectivity index (χ1n) is 7.66. The molecule has 0 aromatic carbocycles. The van der Waals surface area contributed by atoms with Crippen LogP contribution in [0.15, 0.2) is 36.5 Å². The second kappa shape index (κ2) is 24.0. The zero-order valence-corrected chi connectivity index (χ0v) is 16.9. The van der Waals surface area contributed by atoms with Crippen LogP contribution in [0.25, 0.3) is 0 Å². The van der Waals surface area contributed by atoms with Crippen molar-refractivity contribution in [2.24, 2.45) is 5.41 Å². The van der Waals surface area contributed by atoms with Gasteiger partial charge in [0.25, 0.3) is 0 Å². The predicted molar refractivity (Wildman–Crippen MR) is 115 cm³/mol. The molecule has 0 aliphatic rings. The first kappa shape index (κ1) is 41.4. The van der Waals surface area contributed by atoms with Crippen LogP contribution in [-0.4, -0.2) is 91.2 Å². The highest BCUT2D eigenvalue weighted by Gasteiger charge is 2.24. The molecule has 0 saturated carbocycles. The van der Waals surface area contributed by atoms with E-state index in [0.717, 1.165) is 0 Å². The molecule has 0 fully saturated rings. The zero-order chi connectivity index (χ0) is 22.8. The Morgan fingerprint density at radius 1 is 0.690 bits per heavy atom. The molecule has 10 nitrogen and oxygen atoms in total. The van der Waals surface area contributed by atoms with Crippen LogP contribution >= 0.6 is 0 Å². The van der Waals surface area contributed by atoms with Gasteiger partial charge in [-0.15, -0.1) is 0 Å². The molecular weight excluding hydrogens is 403 g/mol. The van der Waals surface area contributed by atoms with E-state index in [1.807, 2.05) is 6.92 Å². The van der Waals surface area contributed by atoms with Crippen LogP contribution in [0.3, 0.4) is 0 Å². The third kappa shape index (κ3) is 30.9. The average Bonchev–Trinajstić information content (AvgIpc) is 2.58. The molecule has 0 unspecified atom stereocenters. The largest absolute Gasteiger partial charge is 0.478 e. The minimum absolute atomic E-state index is 0. The Labute approximate surface area is 181 Å². The van der Waals surface area contributed by atoms with E-state index < -0.39 is 23.3 Å². The molecule has 0 radical (unpaired) electrons. The number of aliphatic hydroxyl groups is 3. The molecule has 0 atom stereocenters.